The fourth-order valence-electron chi connectivity index (χ4n) is 10.9. The Bertz CT molecular complexity index is 2590. The Kier molecular flexibility index (Phi) is 14.3. The van der Waals surface area contributed by atoms with E-state index in [1.807, 2.05) is 12.1 Å². The molecule has 16 heteroatoms. The quantitative estimate of drug-likeness (QED) is 0.0987. The van der Waals surface area contributed by atoms with Crippen molar-refractivity contribution in [2.45, 2.75) is 118 Å². The topological polar surface area (TPSA) is 107 Å². The summed E-state index contributed by atoms with van der Waals surface area (Å²) in [7, 11) is 2.66. The zero-order valence-electron chi connectivity index (χ0n) is 39.6. The highest BCUT2D eigenvalue weighted by Crippen LogP contribution is 2.47. The van der Waals surface area contributed by atoms with E-state index in [1.165, 1.54) is 38.5 Å². The first-order chi connectivity index (χ1) is 31.9. The highest BCUT2D eigenvalue weighted by atomic mass is 19.4. The highest BCUT2D eigenvalue weighted by molar-refractivity contribution is 5.94. The molecule has 2 aromatic heterocycles. The minimum atomic E-state index is -4.75. The predicted molar refractivity (Wildman–Crippen MR) is 246 cm³/mol. The lowest BCUT2D eigenvalue weighted by Crippen LogP contribution is -2.30. The molecule has 0 unspecified atom stereocenters. The number of methoxy groups -OCH3 is 2. The number of esters is 2. The van der Waals surface area contributed by atoms with Crippen molar-refractivity contribution in [3.63, 3.8) is 0 Å². The summed E-state index contributed by atoms with van der Waals surface area (Å²) in [5, 5.41) is 0. The molecule has 2 aliphatic rings. The van der Waals surface area contributed by atoms with E-state index < -0.39 is 24.7 Å². The van der Waals surface area contributed by atoms with Gasteiger partial charge in [-0.1, -0.05) is 65.8 Å². The second kappa shape index (κ2) is 19.5. The summed E-state index contributed by atoms with van der Waals surface area (Å²) in [6.07, 6.45) is -2.66. The second-order valence-electron chi connectivity index (χ2n) is 20.1. The third kappa shape index (κ3) is 12.3. The molecule has 6 aromatic rings. The summed E-state index contributed by atoms with van der Waals surface area (Å²) in [5.74, 6) is 1.15. The fourth-order valence-corrected chi connectivity index (χ4v) is 10.9. The van der Waals surface area contributed by atoms with Crippen molar-refractivity contribution in [2.75, 3.05) is 14.2 Å². The standard InChI is InChI=1S/2C26H29F3N2O3/c2*1-16-10-19(15-25(2,3)14-16)31-22-9-8-18(24(32)33-4)13-21(22)30-23(31)12-17-6-5-7-20(11-17)34-26(27,28)29/h2*5-9,11,13,16,19H,10,12,14-15H2,1-4H3/t2*16-,19+/m10/s1. The molecule has 0 N–H and O–H groups in total. The molecule has 364 valence electrons. The van der Waals surface area contributed by atoms with Gasteiger partial charge >= 0.3 is 24.7 Å². The Morgan fingerprint density at radius 3 is 1.31 bits per heavy atom. The molecule has 0 spiro atoms. The van der Waals surface area contributed by atoms with E-state index in [9.17, 15) is 35.9 Å². The van der Waals surface area contributed by atoms with Crippen LogP contribution in [0.1, 0.15) is 136 Å². The van der Waals surface area contributed by atoms with Gasteiger partial charge in [0, 0.05) is 24.9 Å². The molecular weight excluding hydrogens is 891 g/mol. The van der Waals surface area contributed by atoms with Gasteiger partial charge in [-0.25, -0.2) is 19.6 Å². The van der Waals surface area contributed by atoms with Crippen LogP contribution in [0.25, 0.3) is 22.1 Å². The Balaban J connectivity index is 0.000000201. The number of benzene rings is 4. The molecule has 2 heterocycles. The largest absolute Gasteiger partial charge is 0.573 e. The number of carbonyl (C=O) groups is 2. The summed E-state index contributed by atoms with van der Waals surface area (Å²) in [4.78, 5) is 33.8. The number of imidazole rings is 2. The third-order valence-electron chi connectivity index (χ3n) is 12.8. The first-order valence-corrected chi connectivity index (χ1v) is 22.8. The van der Waals surface area contributed by atoms with Crippen molar-refractivity contribution in [3.05, 3.63) is 119 Å². The van der Waals surface area contributed by atoms with E-state index in [0.29, 0.717) is 58.0 Å². The summed E-state index contributed by atoms with van der Waals surface area (Å²) in [6, 6.07) is 23.0. The first kappa shape index (κ1) is 49.8. The number of halogens is 6. The molecule has 4 aromatic carbocycles. The van der Waals surface area contributed by atoms with Crippen LogP contribution in [0, 0.1) is 22.7 Å². The number of aromatic nitrogens is 4. The summed E-state index contributed by atoms with van der Waals surface area (Å²) in [5.41, 5.74) is 5.58. The van der Waals surface area contributed by atoms with E-state index in [0.717, 1.165) is 61.2 Å². The van der Waals surface area contributed by atoms with Crippen molar-refractivity contribution >= 4 is 34.0 Å². The maximum Gasteiger partial charge on any atom is 0.573 e. The number of fused-ring (bicyclic) bond motifs is 2. The summed E-state index contributed by atoms with van der Waals surface area (Å²) < 4.78 is 98.6. The van der Waals surface area contributed by atoms with Crippen LogP contribution in [0.15, 0.2) is 84.9 Å². The number of alkyl halides is 6. The van der Waals surface area contributed by atoms with Crippen LogP contribution in [0.2, 0.25) is 0 Å². The zero-order valence-corrected chi connectivity index (χ0v) is 39.6. The molecule has 0 bridgehead atoms. The zero-order chi connectivity index (χ0) is 49.3. The third-order valence-corrected chi connectivity index (χ3v) is 12.8. The van der Waals surface area contributed by atoms with Crippen molar-refractivity contribution in [2.24, 2.45) is 22.7 Å². The van der Waals surface area contributed by atoms with Gasteiger partial charge in [0.05, 0.1) is 47.4 Å². The van der Waals surface area contributed by atoms with Gasteiger partial charge in [-0.2, -0.15) is 0 Å². The minimum absolute atomic E-state index is 0.155. The molecule has 0 amide bonds. The molecule has 0 saturated heterocycles. The van der Waals surface area contributed by atoms with E-state index in [2.05, 4.69) is 60.2 Å². The van der Waals surface area contributed by atoms with Crippen molar-refractivity contribution in [3.8, 4) is 11.5 Å². The van der Waals surface area contributed by atoms with Gasteiger partial charge in [0.2, 0.25) is 0 Å². The normalized spacial score (nSPS) is 20.3. The predicted octanol–water partition coefficient (Wildman–Crippen LogP) is 13.4. The molecule has 2 saturated carbocycles. The number of hydrogen-bond acceptors (Lipinski definition) is 8. The average molecular weight is 949 g/mol. The SMILES string of the molecule is COC(=O)c1ccc2c(c1)nc(Cc1cccc(OC(F)(F)F)c1)n2[C@@H]1C[C@H](C)CC(C)(C)C1.COC(=O)c1ccc2c(c1)nc(Cc1cccc(OC(F)(F)F)c1)n2[C@H]1C[C@@H](C)CC(C)(C)C1. The molecule has 0 aliphatic heterocycles. The van der Waals surface area contributed by atoms with Gasteiger partial charge in [0.1, 0.15) is 23.1 Å². The molecular formula is C52H58F6N4O6. The monoisotopic (exact) mass is 948 g/mol. The van der Waals surface area contributed by atoms with Gasteiger partial charge in [0.15, 0.2) is 0 Å². The molecule has 4 atom stereocenters. The van der Waals surface area contributed by atoms with E-state index >= 15 is 0 Å². The number of ether oxygens (including phenoxy) is 4. The van der Waals surface area contributed by atoms with Gasteiger partial charge in [-0.15, -0.1) is 26.3 Å². The number of rotatable bonds is 10. The van der Waals surface area contributed by atoms with E-state index in [1.54, 1.807) is 48.5 Å². The Hall–Kier alpha value is -6.06. The maximum atomic E-state index is 12.7. The van der Waals surface area contributed by atoms with Crippen LogP contribution in [-0.4, -0.2) is 58.0 Å². The summed E-state index contributed by atoms with van der Waals surface area (Å²) >= 11 is 0. The maximum absolute atomic E-state index is 12.7. The van der Waals surface area contributed by atoms with Crippen LogP contribution in [0.3, 0.4) is 0 Å². The van der Waals surface area contributed by atoms with Crippen molar-refractivity contribution in [1.29, 1.82) is 0 Å². The van der Waals surface area contributed by atoms with Crippen LogP contribution >= 0.6 is 0 Å². The fraction of sp³-hybridized carbons (Fsp3) is 0.462. The average Bonchev–Trinajstić information content (AvgIpc) is 3.77. The van der Waals surface area contributed by atoms with Crippen LogP contribution < -0.4 is 9.47 Å². The van der Waals surface area contributed by atoms with Crippen LogP contribution in [0.5, 0.6) is 11.5 Å². The lowest BCUT2D eigenvalue weighted by Gasteiger charge is -2.40. The van der Waals surface area contributed by atoms with Crippen LogP contribution in [0.4, 0.5) is 26.3 Å². The Morgan fingerprint density at radius 2 is 0.971 bits per heavy atom. The molecule has 2 aliphatic carbocycles. The molecule has 10 nitrogen and oxygen atoms in total. The number of hydrogen-bond donors (Lipinski definition) is 0. The van der Waals surface area contributed by atoms with Gasteiger partial charge in [-0.05, 0) is 133 Å². The van der Waals surface area contributed by atoms with Gasteiger partial charge in [-0.3, -0.25) is 0 Å². The van der Waals surface area contributed by atoms with Gasteiger partial charge < -0.3 is 28.1 Å². The lowest BCUT2D eigenvalue weighted by atomic mass is 9.70. The smallest absolute Gasteiger partial charge is 0.465 e. The minimum Gasteiger partial charge on any atom is -0.465 e. The highest BCUT2D eigenvalue weighted by Gasteiger charge is 2.37. The van der Waals surface area contributed by atoms with E-state index in [-0.39, 0.29) is 34.4 Å². The second-order valence-corrected chi connectivity index (χ2v) is 20.1. The Labute approximate surface area is 391 Å². The molecule has 2 fully saturated rings. The number of nitrogens with zero attached hydrogens (tertiary/aromatic N) is 4. The van der Waals surface area contributed by atoms with Crippen molar-refractivity contribution in [1.82, 2.24) is 19.1 Å². The molecule has 68 heavy (non-hydrogen) atoms. The first-order valence-electron chi connectivity index (χ1n) is 22.8. The van der Waals surface area contributed by atoms with Crippen molar-refractivity contribution < 1.29 is 54.9 Å². The Morgan fingerprint density at radius 1 is 0.588 bits per heavy atom. The molecule has 8 rings (SSSR count). The summed E-state index contributed by atoms with van der Waals surface area (Å²) in [6.45, 7) is 13.6. The number of carbonyl (C=O) groups excluding carboxylic acids is 2. The van der Waals surface area contributed by atoms with Crippen LogP contribution in [-0.2, 0) is 22.3 Å². The lowest BCUT2D eigenvalue weighted by molar-refractivity contribution is -0.275. The van der Waals surface area contributed by atoms with Gasteiger partial charge in [0.25, 0.3) is 0 Å². The molecule has 0 radical (unpaired) electrons. The van der Waals surface area contributed by atoms with E-state index in [4.69, 9.17) is 19.4 Å².